The van der Waals surface area contributed by atoms with Gasteiger partial charge < -0.3 is 10.2 Å². The number of likely N-dealkylation sites (tertiary alicyclic amines) is 1. The highest BCUT2D eigenvalue weighted by Crippen LogP contribution is 2.27. The van der Waals surface area contributed by atoms with Crippen LogP contribution in [0.3, 0.4) is 0 Å². The maximum Gasteiger partial charge on any atom is 0.253 e. The molecule has 2 aromatic carbocycles. The van der Waals surface area contributed by atoms with Crippen LogP contribution >= 0.6 is 0 Å². The number of benzene rings is 2. The van der Waals surface area contributed by atoms with Crippen LogP contribution in [0.2, 0.25) is 0 Å². The summed E-state index contributed by atoms with van der Waals surface area (Å²) in [6.45, 7) is 4.37. The summed E-state index contributed by atoms with van der Waals surface area (Å²) < 4.78 is 0. The first-order valence-electron chi connectivity index (χ1n) is 12.0. The fourth-order valence-corrected chi connectivity index (χ4v) is 4.81. The second-order valence-electron chi connectivity index (χ2n) is 9.17. The first kappa shape index (κ1) is 22.1. The fourth-order valence-electron chi connectivity index (χ4n) is 4.81. The Bertz CT molecular complexity index is 1270. The number of piperidine rings is 1. The van der Waals surface area contributed by atoms with Crippen molar-refractivity contribution in [3.8, 4) is 0 Å². The van der Waals surface area contributed by atoms with Crippen LogP contribution < -0.4 is 5.32 Å². The van der Waals surface area contributed by atoms with Crippen molar-refractivity contribution in [2.45, 2.75) is 32.7 Å². The number of pyridine rings is 2. The number of nitrogens with zero attached hydrogens (tertiary/aromatic N) is 3. The molecule has 34 heavy (non-hydrogen) atoms. The quantitative estimate of drug-likeness (QED) is 0.413. The Hall–Kier alpha value is -3.73. The van der Waals surface area contributed by atoms with E-state index < -0.39 is 0 Å². The highest BCUT2D eigenvalue weighted by atomic mass is 16.2. The molecule has 1 fully saturated rings. The lowest BCUT2D eigenvalue weighted by Crippen LogP contribution is -2.39. The van der Waals surface area contributed by atoms with Gasteiger partial charge in [0.2, 0.25) is 0 Å². The van der Waals surface area contributed by atoms with Gasteiger partial charge in [0.25, 0.3) is 5.91 Å². The summed E-state index contributed by atoms with van der Waals surface area (Å²) >= 11 is 0. The SMILES string of the molecule is Cc1ccc(C(=O)N2CCC(Cc3cccc4cccnc34)CC2)cc1NCc1ccncc1. The lowest BCUT2D eigenvalue weighted by molar-refractivity contribution is 0.0690. The number of anilines is 1. The van der Waals surface area contributed by atoms with Crippen LogP contribution in [0.4, 0.5) is 5.69 Å². The molecule has 5 heteroatoms. The van der Waals surface area contributed by atoms with Gasteiger partial charge in [0.05, 0.1) is 5.52 Å². The molecule has 0 atom stereocenters. The Morgan fingerprint density at radius 3 is 2.62 bits per heavy atom. The molecule has 5 nitrogen and oxygen atoms in total. The van der Waals surface area contributed by atoms with Crippen LogP contribution in [0.15, 0.2) is 79.3 Å². The maximum atomic E-state index is 13.3. The Balaban J connectivity index is 1.21. The predicted octanol–water partition coefficient (Wildman–Crippen LogP) is 5.65. The minimum atomic E-state index is 0.122. The number of hydrogen-bond acceptors (Lipinski definition) is 4. The zero-order chi connectivity index (χ0) is 23.3. The molecule has 1 amide bonds. The lowest BCUT2D eigenvalue weighted by Gasteiger charge is -2.32. The van der Waals surface area contributed by atoms with Crippen LogP contribution in [0.5, 0.6) is 0 Å². The van der Waals surface area contributed by atoms with E-state index in [0.717, 1.165) is 60.2 Å². The maximum absolute atomic E-state index is 13.3. The molecule has 172 valence electrons. The average molecular weight is 451 g/mol. The Labute approximate surface area is 200 Å². The number of nitrogens with one attached hydrogen (secondary N) is 1. The smallest absolute Gasteiger partial charge is 0.253 e. The van der Waals surface area contributed by atoms with Gasteiger partial charge in [0, 0.05) is 54.9 Å². The van der Waals surface area contributed by atoms with E-state index in [1.807, 2.05) is 47.5 Å². The third-order valence-electron chi connectivity index (χ3n) is 6.84. The number of aryl methyl sites for hydroxylation is 1. The molecule has 5 rings (SSSR count). The summed E-state index contributed by atoms with van der Waals surface area (Å²) in [5.41, 5.74) is 6.46. The number of aromatic nitrogens is 2. The molecule has 0 spiro atoms. The van der Waals surface area contributed by atoms with Crippen molar-refractivity contribution in [2.24, 2.45) is 5.92 Å². The molecule has 1 N–H and O–H groups in total. The highest BCUT2D eigenvalue weighted by Gasteiger charge is 2.24. The zero-order valence-corrected chi connectivity index (χ0v) is 19.6. The van der Waals surface area contributed by atoms with Gasteiger partial charge in [-0.25, -0.2) is 0 Å². The molecule has 4 aromatic rings. The number of rotatable bonds is 6. The minimum Gasteiger partial charge on any atom is -0.381 e. The fraction of sp³-hybridized carbons (Fsp3) is 0.276. The second kappa shape index (κ2) is 10.0. The number of carbonyl (C=O) groups excluding carboxylic acids is 1. The topological polar surface area (TPSA) is 58.1 Å². The van der Waals surface area contributed by atoms with Crippen molar-refractivity contribution in [2.75, 3.05) is 18.4 Å². The van der Waals surface area contributed by atoms with Crippen molar-refractivity contribution in [3.05, 3.63) is 102 Å². The summed E-state index contributed by atoms with van der Waals surface area (Å²) in [4.78, 5) is 23.9. The monoisotopic (exact) mass is 450 g/mol. The van der Waals surface area contributed by atoms with E-state index in [2.05, 4.69) is 46.5 Å². The molecule has 1 saturated heterocycles. The van der Waals surface area contributed by atoms with E-state index in [4.69, 9.17) is 0 Å². The first-order valence-corrected chi connectivity index (χ1v) is 12.0. The van der Waals surface area contributed by atoms with Crippen molar-refractivity contribution in [3.63, 3.8) is 0 Å². The third kappa shape index (κ3) is 4.93. The van der Waals surface area contributed by atoms with Crippen LogP contribution in [0.25, 0.3) is 10.9 Å². The summed E-state index contributed by atoms with van der Waals surface area (Å²) in [6, 6.07) is 20.5. The van der Waals surface area contributed by atoms with Gasteiger partial charge in [-0.05, 0) is 79.1 Å². The van der Waals surface area contributed by atoms with Crippen LogP contribution in [-0.2, 0) is 13.0 Å². The molecule has 0 bridgehead atoms. The normalized spacial score (nSPS) is 14.3. The average Bonchev–Trinajstić information content (AvgIpc) is 2.89. The van der Waals surface area contributed by atoms with Crippen LogP contribution in [0.1, 0.15) is 39.9 Å². The third-order valence-corrected chi connectivity index (χ3v) is 6.84. The van der Waals surface area contributed by atoms with Crippen molar-refractivity contribution in [1.82, 2.24) is 14.9 Å². The van der Waals surface area contributed by atoms with Crippen molar-refractivity contribution in [1.29, 1.82) is 0 Å². The van der Waals surface area contributed by atoms with E-state index in [1.54, 1.807) is 12.4 Å². The number of amides is 1. The Morgan fingerprint density at radius 1 is 1.00 bits per heavy atom. The molecule has 3 heterocycles. The molecule has 0 saturated carbocycles. The predicted molar refractivity (Wildman–Crippen MR) is 137 cm³/mol. The number of fused-ring (bicyclic) bond motifs is 1. The van der Waals surface area contributed by atoms with Gasteiger partial charge in [0.1, 0.15) is 0 Å². The lowest BCUT2D eigenvalue weighted by atomic mass is 9.89. The van der Waals surface area contributed by atoms with Crippen LogP contribution in [0, 0.1) is 12.8 Å². The molecule has 1 aliphatic rings. The zero-order valence-electron chi connectivity index (χ0n) is 19.6. The molecular formula is C29H30N4O. The summed E-state index contributed by atoms with van der Waals surface area (Å²) in [5.74, 6) is 0.699. The molecule has 1 aliphatic heterocycles. The molecule has 0 unspecified atom stereocenters. The van der Waals surface area contributed by atoms with Gasteiger partial charge in [-0.2, -0.15) is 0 Å². The Kier molecular flexibility index (Phi) is 6.52. The second-order valence-corrected chi connectivity index (χ2v) is 9.17. The molecule has 0 aliphatic carbocycles. The van der Waals surface area contributed by atoms with E-state index in [0.29, 0.717) is 12.5 Å². The summed E-state index contributed by atoms with van der Waals surface area (Å²) in [5, 5.41) is 4.67. The van der Waals surface area contributed by atoms with Crippen molar-refractivity contribution < 1.29 is 4.79 Å². The van der Waals surface area contributed by atoms with E-state index >= 15 is 0 Å². The number of para-hydroxylation sites is 1. The molecular weight excluding hydrogens is 420 g/mol. The summed E-state index contributed by atoms with van der Waals surface area (Å²) in [6.07, 6.45) is 8.52. The largest absolute Gasteiger partial charge is 0.381 e. The molecule has 2 aromatic heterocycles. The minimum absolute atomic E-state index is 0.122. The van der Waals surface area contributed by atoms with Gasteiger partial charge in [-0.3, -0.25) is 14.8 Å². The van der Waals surface area contributed by atoms with Gasteiger partial charge in [-0.15, -0.1) is 0 Å². The highest BCUT2D eigenvalue weighted by molar-refractivity contribution is 5.95. The van der Waals surface area contributed by atoms with Gasteiger partial charge in [0.15, 0.2) is 0 Å². The van der Waals surface area contributed by atoms with E-state index in [9.17, 15) is 4.79 Å². The first-order chi connectivity index (χ1) is 16.7. The summed E-state index contributed by atoms with van der Waals surface area (Å²) in [7, 11) is 0. The molecule has 0 radical (unpaired) electrons. The Morgan fingerprint density at radius 2 is 1.79 bits per heavy atom. The van der Waals surface area contributed by atoms with E-state index in [-0.39, 0.29) is 5.91 Å². The van der Waals surface area contributed by atoms with Crippen molar-refractivity contribution >= 4 is 22.5 Å². The van der Waals surface area contributed by atoms with Crippen LogP contribution in [-0.4, -0.2) is 33.9 Å². The standard InChI is InChI=1S/C29H30N4O/c1-21-7-8-26(19-27(21)32-20-23-9-14-30-15-10-23)29(34)33-16-11-22(12-17-33)18-25-5-2-4-24-6-3-13-31-28(24)25/h2-10,13-15,19,22,32H,11-12,16-18,20H2,1H3. The van der Waals surface area contributed by atoms with E-state index in [1.165, 1.54) is 10.9 Å². The van der Waals surface area contributed by atoms with Gasteiger partial charge in [-0.1, -0.05) is 30.3 Å². The number of hydrogen-bond donors (Lipinski definition) is 1. The van der Waals surface area contributed by atoms with Gasteiger partial charge >= 0.3 is 0 Å². The number of carbonyl (C=O) groups is 1.